The average molecular weight is 246 g/mol. The fourth-order valence-corrected chi connectivity index (χ4v) is 1.97. The van der Waals surface area contributed by atoms with Crippen molar-refractivity contribution in [1.29, 1.82) is 0 Å². The van der Waals surface area contributed by atoms with Gasteiger partial charge in [-0.05, 0) is 28.8 Å². The van der Waals surface area contributed by atoms with Crippen molar-refractivity contribution in [3.63, 3.8) is 0 Å². The lowest BCUT2D eigenvalue weighted by atomic mass is 10.1. The van der Waals surface area contributed by atoms with E-state index < -0.39 is 0 Å². The molecule has 1 heterocycles. The molecule has 3 nitrogen and oxygen atoms in total. The maximum absolute atomic E-state index is 5.68. The predicted octanol–water partition coefficient (Wildman–Crippen LogP) is 2.12. The molecule has 0 spiro atoms. The van der Waals surface area contributed by atoms with Crippen molar-refractivity contribution in [3.05, 3.63) is 16.4 Å². The molecule has 0 aliphatic rings. The number of nitrogens with two attached hydrogens (primary N) is 1. The van der Waals surface area contributed by atoms with Crippen LogP contribution >= 0.6 is 15.9 Å². The Labute approximate surface area is 87.4 Å². The Bertz CT molecular complexity index is 278. The highest BCUT2D eigenvalue weighted by Gasteiger charge is 2.10. The van der Waals surface area contributed by atoms with E-state index in [1.165, 1.54) is 0 Å². The van der Waals surface area contributed by atoms with Crippen LogP contribution in [-0.2, 0) is 6.54 Å². The van der Waals surface area contributed by atoms with Gasteiger partial charge in [0.05, 0.1) is 16.7 Å². The van der Waals surface area contributed by atoms with E-state index in [4.69, 9.17) is 5.73 Å². The quantitative estimate of drug-likeness (QED) is 0.887. The molecule has 1 unspecified atom stereocenters. The zero-order valence-electron chi connectivity index (χ0n) is 8.29. The molecule has 0 aromatic carbocycles. The van der Waals surface area contributed by atoms with E-state index in [9.17, 15) is 0 Å². The number of hydrogen-bond acceptors (Lipinski definition) is 2. The smallest absolute Gasteiger partial charge is 0.0791 e. The topological polar surface area (TPSA) is 43.8 Å². The van der Waals surface area contributed by atoms with Crippen LogP contribution in [0.15, 0.2) is 10.7 Å². The van der Waals surface area contributed by atoms with Gasteiger partial charge >= 0.3 is 0 Å². The lowest BCUT2D eigenvalue weighted by Crippen LogP contribution is -2.22. The molecule has 0 aliphatic heterocycles. The van der Waals surface area contributed by atoms with Gasteiger partial charge in [0, 0.05) is 12.2 Å². The predicted molar refractivity (Wildman–Crippen MR) is 57.7 cm³/mol. The van der Waals surface area contributed by atoms with Gasteiger partial charge in [-0.25, -0.2) is 0 Å². The third-order valence-electron chi connectivity index (χ3n) is 1.77. The summed E-state index contributed by atoms with van der Waals surface area (Å²) in [5.41, 5.74) is 6.78. The second-order valence-electron chi connectivity index (χ2n) is 3.72. The molecule has 0 amide bonds. The summed E-state index contributed by atoms with van der Waals surface area (Å²) in [6.07, 6.45) is 1.98. The van der Waals surface area contributed by atoms with E-state index in [1.54, 1.807) is 0 Å². The highest BCUT2D eigenvalue weighted by atomic mass is 79.9. The summed E-state index contributed by atoms with van der Waals surface area (Å²) in [5, 5.41) is 4.44. The van der Waals surface area contributed by atoms with Gasteiger partial charge in [0.25, 0.3) is 0 Å². The average Bonchev–Trinajstić information content (AvgIpc) is 2.29. The van der Waals surface area contributed by atoms with Gasteiger partial charge in [-0.15, -0.1) is 0 Å². The Morgan fingerprint density at radius 2 is 2.15 bits per heavy atom. The van der Waals surface area contributed by atoms with Gasteiger partial charge in [-0.1, -0.05) is 13.8 Å². The van der Waals surface area contributed by atoms with Gasteiger partial charge in [0.15, 0.2) is 0 Å². The fourth-order valence-electron chi connectivity index (χ4n) is 1.19. The number of hydrogen-bond donors (Lipinski definition) is 1. The van der Waals surface area contributed by atoms with Crippen LogP contribution in [-0.4, -0.2) is 15.8 Å². The number of halogens is 1. The Morgan fingerprint density at radius 3 is 2.54 bits per heavy atom. The van der Waals surface area contributed by atoms with Crippen LogP contribution in [0.3, 0.4) is 0 Å². The highest BCUT2D eigenvalue weighted by molar-refractivity contribution is 9.10. The second-order valence-corrected chi connectivity index (χ2v) is 4.57. The van der Waals surface area contributed by atoms with Crippen LogP contribution < -0.4 is 5.73 Å². The minimum atomic E-state index is 0.145. The standard InChI is InChI=1S/C9H16BrN3/c1-6(2)9-8(10)5-13(12-9)4-7(3)11/h5-7H,4,11H2,1-3H3. The van der Waals surface area contributed by atoms with Gasteiger partial charge in [-0.3, -0.25) is 4.68 Å². The summed E-state index contributed by atoms with van der Waals surface area (Å²) in [6.45, 7) is 7.00. The van der Waals surface area contributed by atoms with Crippen molar-refractivity contribution in [3.8, 4) is 0 Å². The molecule has 0 aliphatic carbocycles. The first-order valence-electron chi connectivity index (χ1n) is 4.49. The fraction of sp³-hybridized carbons (Fsp3) is 0.667. The molecule has 74 valence electrons. The van der Waals surface area contributed by atoms with Crippen LogP contribution in [0.1, 0.15) is 32.4 Å². The number of aromatic nitrogens is 2. The second kappa shape index (κ2) is 4.24. The normalized spacial score (nSPS) is 13.7. The molecule has 0 bridgehead atoms. The van der Waals surface area contributed by atoms with Crippen molar-refractivity contribution in [2.24, 2.45) is 5.73 Å². The zero-order valence-corrected chi connectivity index (χ0v) is 9.87. The molecule has 13 heavy (non-hydrogen) atoms. The molecular weight excluding hydrogens is 230 g/mol. The molecular formula is C9H16BrN3. The first-order valence-corrected chi connectivity index (χ1v) is 5.28. The van der Waals surface area contributed by atoms with Crippen LogP contribution in [0.2, 0.25) is 0 Å². The molecule has 2 N–H and O–H groups in total. The number of rotatable bonds is 3. The van der Waals surface area contributed by atoms with Crippen LogP contribution in [0, 0.1) is 0 Å². The van der Waals surface area contributed by atoms with Crippen molar-refractivity contribution >= 4 is 15.9 Å². The first kappa shape index (κ1) is 10.7. The molecule has 1 aromatic rings. The first-order chi connectivity index (χ1) is 6.00. The van der Waals surface area contributed by atoms with E-state index in [-0.39, 0.29) is 6.04 Å². The molecule has 0 saturated carbocycles. The summed E-state index contributed by atoms with van der Waals surface area (Å²) in [5.74, 6) is 0.448. The SMILES string of the molecule is CC(N)Cn1cc(Br)c(C(C)C)n1. The van der Waals surface area contributed by atoms with Crippen molar-refractivity contribution in [2.75, 3.05) is 0 Å². The van der Waals surface area contributed by atoms with Gasteiger partial charge in [0.2, 0.25) is 0 Å². The monoisotopic (exact) mass is 245 g/mol. The summed E-state index contributed by atoms with van der Waals surface area (Å²) in [4.78, 5) is 0. The number of nitrogens with zero attached hydrogens (tertiary/aromatic N) is 2. The summed E-state index contributed by atoms with van der Waals surface area (Å²) >= 11 is 3.48. The van der Waals surface area contributed by atoms with Gasteiger partial charge in [-0.2, -0.15) is 5.10 Å². The minimum absolute atomic E-state index is 0.145. The molecule has 0 radical (unpaired) electrons. The minimum Gasteiger partial charge on any atom is -0.326 e. The van der Waals surface area contributed by atoms with E-state index in [2.05, 4.69) is 34.9 Å². The maximum atomic E-state index is 5.68. The lowest BCUT2D eigenvalue weighted by molar-refractivity contribution is 0.530. The maximum Gasteiger partial charge on any atom is 0.0791 e. The Hall–Kier alpha value is -0.350. The third-order valence-corrected chi connectivity index (χ3v) is 2.38. The van der Waals surface area contributed by atoms with E-state index in [1.807, 2.05) is 17.8 Å². The molecule has 1 aromatic heterocycles. The molecule has 1 rings (SSSR count). The van der Waals surface area contributed by atoms with E-state index in [0.717, 1.165) is 16.7 Å². The summed E-state index contributed by atoms with van der Waals surface area (Å²) in [6, 6.07) is 0.145. The Balaban J connectivity index is 2.82. The van der Waals surface area contributed by atoms with Crippen LogP contribution in [0.25, 0.3) is 0 Å². The van der Waals surface area contributed by atoms with Crippen molar-refractivity contribution in [2.45, 2.75) is 39.3 Å². The largest absolute Gasteiger partial charge is 0.326 e. The van der Waals surface area contributed by atoms with Crippen LogP contribution in [0.5, 0.6) is 0 Å². The summed E-state index contributed by atoms with van der Waals surface area (Å²) < 4.78 is 2.97. The van der Waals surface area contributed by atoms with E-state index >= 15 is 0 Å². The van der Waals surface area contributed by atoms with Gasteiger partial charge in [0.1, 0.15) is 0 Å². The van der Waals surface area contributed by atoms with Gasteiger partial charge < -0.3 is 5.73 Å². The van der Waals surface area contributed by atoms with Crippen LogP contribution in [0.4, 0.5) is 0 Å². The zero-order chi connectivity index (χ0) is 10.0. The highest BCUT2D eigenvalue weighted by Crippen LogP contribution is 2.22. The lowest BCUT2D eigenvalue weighted by Gasteiger charge is -2.04. The van der Waals surface area contributed by atoms with E-state index in [0.29, 0.717) is 5.92 Å². The summed E-state index contributed by atoms with van der Waals surface area (Å²) in [7, 11) is 0. The Morgan fingerprint density at radius 1 is 1.54 bits per heavy atom. The Kier molecular flexibility index (Phi) is 3.50. The molecule has 0 saturated heterocycles. The van der Waals surface area contributed by atoms with Crippen molar-refractivity contribution in [1.82, 2.24) is 9.78 Å². The third kappa shape index (κ3) is 2.81. The van der Waals surface area contributed by atoms with Crippen molar-refractivity contribution < 1.29 is 0 Å². The molecule has 0 fully saturated rings. The molecule has 1 atom stereocenters. The molecule has 4 heteroatoms.